The van der Waals surface area contributed by atoms with Gasteiger partial charge >= 0.3 is 10.4 Å². The third kappa shape index (κ3) is 2.78. The number of benzene rings is 2. The highest BCUT2D eigenvalue weighted by Crippen LogP contribution is 2.54. The highest BCUT2D eigenvalue weighted by molar-refractivity contribution is 7.80. The molecule has 25 heavy (non-hydrogen) atoms. The summed E-state index contributed by atoms with van der Waals surface area (Å²) in [5.74, 6) is 0.691. The minimum absolute atomic E-state index is 0.193. The number of carbonyl (C=O) groups excluding carboxylic acids is 1. The van der Waals surface area contributed by atoms with E-state index in [0.29, 0.717) is 23.7 Å². The standard InChI is InChI=1S/C19H20O5S/c1-19-9-8-15-14-4-2-12(11-24-25(21,22)23)10-13(14)3-5-16(15)17(19)6-7-18(19)20/h2-5,10,17H,6-9,11H2,1H3,(H,21,22,23). The molecule has 6 heteroatoms. The number of aryl methyl sites for hydroxylation is 1. The second-order valence-electron chi connectivity index (χ2n) is 7.31. The fourth-order valence-corrected chi connectivity index (χ4v) is 4.85. The van der Waals surface area contributed by atoms with Gasteiger partial charge in [-0.2, -0.15) is 8.42 Å². The number of hydrogen-bond acceptors (Lipinski definition) is 4. The summed E-state index contributed by atoms with van der Waals surface area (Å²) >= 11 is 0. The molecular formula is C19H20O5S. The minimum atomic E-state index is -4.44. The molecule has 1 fully saturated rings. The molecule has 0 heterocycles. The van der Waals surface area contributed by atoms with Crippen LogP contribution in [0.25, 0.3) is 10.8 Å². The summed E-state index contributed by atoms with van der Waals surface area (Å²) in [6.45, 7) is 1.91. The largest absolute Gasteiger partial charge is 0.397 e. The Kier molecular flexibility index (Phi) is 3.76. The zero-order valence-electron chi connectivity index (χ0n) is 14.0. The van der Waals surface area contributed by atoms with Gasteiger partial charge in [-0.1, -0.05) is 31.2 Å². The molecule has 0 radical (unpaired) electrons. The van der Waals surface area contributed by atoms with Gasteiger partial charge in [0.2, 0.25) is 0 Å². The van der Waals surface area contributed by atoms with Gasteiger partial charge in [0.05, 0.1) is 6.61 Å². The maximum absolute atomic E-state index is 12.3. The maximum atomic E-state index is 12.3. The summed E-state index contributed by atoms with van der Waals surface area (Å²) in [5, 5.41) is 2.16. The van der Waals surface area contributed by atoms with Gasteiger partial charge in [-0.3, -0.25) is 9.35 Å². The van der Waals surface area contributed by atoms with E-state index in [9.17, 15) is 13.2 Å². The Morgan fingerprint density at radius 2 is 2.04 bits per heavy atom. The van der Waals surface area contributed by atoms with Gasteiger partial charge in [-0.05, 0) is 58.7 Å². The molecule has 0 aromatic heterocycles. The molecule has 1 N–H and O–H groups in total. The van der Waals surface area contributed by atoms with E-state index in [1.807, 2.05) is 24.3 Å². The van der Waals surface area contributed by atoms with E-state index in [2.05, 4.69) is 17.2 Å². The van der Waals surface area contributed by atoms with Crippen molar-refractivity contribution in [1.29, 1.82) is 0 Å². The van der Waals surface area contributed by atoms with Crippen LogP contribution in [0, 0.1) is 5.41 Å². The fraction of sp³-hybridized carbons (Fsp3) is 0.421. The van der Waals surface area contributed by atoms with Crippen LogP contribution in [0.5, 0.6) is 0 Å². The predicted molar refractivity (Wildman–Crippen MR) is 93.7 cm³/mol. The van der Waals surface area contributed by atoms with Gasteiger partial charge in [0.1, 0.15) is 5.78 Å². The molecule has 5 nitrogen and oxygen atoms in total. The van der Waals surface area contributed by atoms with Crippen LogP contribution in [0.15, 0.2) is 30.3 Å². The average Bonchev–Trinajstić information content (AvgIpc) is 2.87. The quantitative estimate of drug-likeness (QED) is 0.847. The lowest BCUT2D eigenvalue weighted by Gasteiger charge is -2.37. The molecule has 2 aliphatic carbocycles. The van der Waals surface area contributed by atoms with E-state index >= 15 is 0 Å². The van der Waals surface area contributed by atoms with Crippen molar-refractivity contribution in [2.75, 3.05) is 0 Å². The number of carbonyl (C=O) groups is 1. The van der Waals surface area contributed by atoms with Gasteiger partial charge in [0.25, 0.3) is 0 Å². The fourth-order valence-electron chi connectivity index (χ4n) is 4.57. The van der Waals surface area contributed by atoms with Crippen molar-refractivity contribution in [3.63, 3.8) is 0 Å². The van der Waals surface area contributed by atoms with Gasteiger partial charge < -0.3 is 0 Å². The minimum Gasteiger partial charge on any atom is -0.299 e. The lowest BCUT2D eigenvalue weighted by molar-refractivity contribution is -0.126. The maximum Gasteiger partial charge on any atom is 0.397 e. The first-order chi connectivity index (χ1) is 11.8. The van der Waals surface area contributed by atoms with Crippen LogP contribution in [0.3, 0.4) is 0 Å². The van der Waals surface area contributed by atoms with Crippen molar-refractivity contribution in [3.8, 4) is 0 Å². The van der Waals surface area contributed by atoms with Gasteiger partial charge in [-0.25, -0.2) is 4.18 Å². The lowest BCUT2D eigenvalue weighted by atomic mass is 9.66. The molecule has 1 saturated carbocycles. The number of fused-ring (bicyclic) bond motifs is 5. The molecule has 2 unspecified atom stereocenters. The summed E-state index contributed by atoms with van der Waals surface area (Å²) in [5.41, 5.74) is 3.05. The van der Waals surface area contributed by atoms with Gasteiger partial charge in [0.15, 0.2) is 0 Å². The molecule has 132 valence electrons. The van der Waals surface area contributed by atoms with Crippen molar-refractivity contribution in [2.24, 2.45) is 5.41 Å². The van der Waals surface area contributed by atoms with Crippen LogP contribution < -0.4 is 0 Å². The van der Waals surface area contributed by atoms with E-state index < -0.39 is 10.4 Å². The van der Waals surface area contributed by atoms with Crippen LogP contribution in [-0.4, -0.2) is 18.8 Å². The molecule has 2 aromatic rings. The van der Waals surface area contributed by atoms with Gasteiger partial charge in [0, 0.05) is 11.8 Å². The molecule has 2 aromatic carbocycles. The molecule has 0 bridgehead atoms. The number of hydrogen-bond donors (Lipinski definition) is 1. The second kappa shape index (κ2) is 5.62. The lowest BCUT2D eigenvalue weighted by Crippen LogP contribution is -2.32. The summed E-state index contributed by atoms with van der Waals surface area (Å²) in [6.07, 6.45) is 3.36. The van der Waals surface area contributed by atoms with Gasteiger partial charge in [-0.15, -0.1) is 0 Å². The number of ketones is 1. The molecule has 2 atom stereocenters. The Bertz CT molecular complexity index is 979. The first-order valence-corrected chi connectivity index (χ1v) is 9.84. The average molecular weight is 360 g/mol. The third-order valence-corrected chi connectivity index (χ3v) is 6.36. The highest BCUT2D eigenvalue weighted by atomic mass is 32.3. The summed E-state index contributed by atoms with van der Waals surface area (Å²) in [4.78, 5) is 12.3. The Morgan fingerprint density at radius 3 is 2.80 bits per heavy atom. The molecule has 0 saturated heterocycles. The van der Waals surface area contributed by atoms with Crippen molar-refractivity contribution in [2.45, 2.75) is 45.1 Å². The van der Waals surface area contributed by atoms with Crippen LogP contribution in [-0.2, 0) is 32.4 Å². The molecule has 4 rings (SSSR count). The third-order valence-electron chi connectivity index (χ3n) is 5.94. The van der Waals surface area contributed by atoms with E-state index in [1.54, 1.807) is 0 Å². The van der Waals surface area contributed by atoms with E-state index in [-0.39, 0.29) is 12.0 Å². The monoisotopic (exact) mass is 360 g/mol. The van der Waals surface area contributed by atoms with E-state index in [0.717, 1.165) is 30.0 Å². The zero-order chi connectivity index (χ0) is 17.8. The smallest absolute Gasteiger partial charge is 0.299 e. The normalized spacial score (nSPS) is 25.8. The van der Waals surface area contributed by atoms with Crippen molar-refractivity contribution in [3.05, 3.63) is 47.0 Å². The van der Waals surface area contributed by atoms with Crippen molar-refractivity contribution >= 4 is 27.0 Å². The Labute approximate surface area is 146 Å². The Morgan fingerprint density at radius 1 is 1.24 bits per heavy atom. The van der Waals surface area contributed by atoms with E-state index in [4.69, 9.17) is 4.55 Å². The van der Waals surface area contributed by atoms with Crippen molar-refractivity contribution < 1.29 is 21.9 Å². The first-order valence-electron chi connectivity index (χ1n) is 8.47. The number of rotatable bonds is 3. The second-order valence-corrected chi connectivity index (χ2v) is 8.40. The van der Waals surface area contributed by atoms with Crippen LogP contribution in [0.2, 0.25) is 0 Å². The molecular weight excluding hydrogens is 340 g/mol. The summed E-state index contributed by atoms with van der Waals surface area (Å²) in [7, 11) is -4.44. The van der Waals surface area contributed by atoms with E-state index in [1.165, 1.54) is 11.1 Å². The molecule has 0 aliphatic heterocycles. The molecule has 2 aliphatic rings. The Balaban J connectivity index is 1.73. The highest BCUT2D eigenvalue weighted by Gasteiger charge is 2.49. The summed E-state index contributed by atoms with van der Waals surface area (Å²) in [6, 6.07) is 9.83. The SMILES string of the molecule is CC12CCc3c(ccc4cc(COS(=O)(=O)O)ccc34)C1CCC2=O. The number of Topliss-reactive ketones (excluding diaryl/α,β-unsaturated/α-hetero) is 1. The topological polar surface area (TPSA) is 80.7 Å². The zero-order valence-corrected chi connectivity index (χ0v) is 14.8. The van der Waals surface area contributed by atoms with Crippen LogP contribution >= 0.6 is 0 Å². The predicted octanol–water partition coefficient (Wildman–Crippen LogP) is 3.56. The molecule has 0 spiro atoms. The first kappa shape index (κ1) is 16.7. The van der Waals surface area contributed by atoms with Crippen molar-refractivity contribution in [1.82, 2.24) is 0 Å². The summed E-state index contributed by atoms with van der Waals surface area (Å²) < 4.78 is 34.6. The molecule has 0 amide bonds. The van der Waals surface area contributed by atoms with Crippen LogP contribution in [0.1, 0.15) is 48.8 Å². The van der Waals surface area contributed by atoms with Crippen LogP contribution in [0.4, 0.5) is 0 Å². The Hall–Kier alpha value is -1.76.